The van der Waals surface area contributed by atoms with Crippen molar-refractivity contribution in [3.05, 3.63) is 18.0 Å². The van der Waals surface area contributed by atoms with E-state index in [0.29, 0.717) is 19.4 Å². The number of rotatable bonds is 8. The molecule has 8 nitrogen and oxygen atoms in total. The Labute approximate surface area is 185 Å². The van der Waals surface area contributed by atoms with Crippen LogP contribution in [0.25, 0.3) is 0 Å². The third kappa shape index (κ3) is 4.65. The molecule has 0 aliphatic carbocycles. The summed E-state index contributed by atoms with van der Waals surface area (Å²) in [6.07, 6.45) is 4.91. The number of amides is 2. The van der Waals surface area contributed by atoms with Crippen molar-refractivity contribution in [2.24, 2.45) is 18.9 Å². The predicted octanol–water partition coefficient (Wildman–Crippen LogP) is 1.51. The van der Waals surface area contributed by atoms with Crippen molar-refractivity contribution in [3.63, 3.8) is 0 Å². The summed E-state index contributed by atoms with van der Waals surface area (Å²) in [5, 5.41) is 4.30. The van der Waals surface area contributed by atoms with Crippen molar-refractivity contribution in [1.29, 1.82) is 0 Å². The summed E-state index contributed by atoms with van der Waals surface area (Å²) in [7, 11) is 1.97. The van der Waals surface area contributed by atoms with Gasteiger partial charge in [0.05, 0.1) is 24.8 Å². The molecule has 0 spiro atoms. The molecule has 4 heterocycles. The Morgan fingerprint density at radius 1 is 1.19 bits per heavy atom. The lowest BCUT2D eigenvalue weighted by Gasteiger charge is -2.26. The van der Waals surface area contributed by atoms with Crippen LogP contribution in [0.2, 0.25) is 0 Å². The third-order valence-corrected chi connectivity index (χ3v) is 7.51. The molecule has 2 amide bonds. The Morgan fingerprint density at radius 2 is 1.94 bits per heavy atom. The Morgan fingerprint density at radius 3 is 2.58 bits per heavy atom. The van der Waals surface area contributed by atoms with E-state index in [1.54, 1.807) is 0 Å². The molecule has 3 fully saturated rings. The molecule has 31 heavy (non-hydrogen) atoms. The summed E-state index contributed by atoms with van der Waals surface area (Å²) < 4.78 is 8.12. The van der Waals surface area contributed by atoms with Crippen molar-refractivity contribution in [3.8, 4) is 0 Å². The number of ether oxygens (including phenoxy) is 1. The van der Waals surface area contributed by atoms with Crippen molar-refractivity contribution in [2.75, 3.05) is 39.3 Å². The van der Waals surface area contributed by atoms with Gasteiger partial charge in [-0.3, -0.25) is 19.2 Å². The largest absolute Gasteiger partial charge is 0.376 e. The topological polar surface area (TPSA) is 70.9 Å². The van der Waals surface area contributed by atoms with E-state index < -0.39 is 0 Å². The molecule has 0 unspecified atom stereocenters. The molecule has 3 aliphatic heterocycles. The molecule has 0 aromatic carbocycles. The smallest absolute Gasteiger partial charge is 0.225 e. The molecule has 0 N–H and O–H groups in total. The van der Waals surface area contributed by atoms with Crippen LogP contribution in [0, 0.1) is 11.8 Å². The molecule has 8 heteroatoms. The average Bonchev–Trinajstić information content (AvgIpc) is 3.52. The van der Waals surface area contributed by atoms with E-state index in [0.717, 1.165) is 57.8 Å². The Bertz CT molecular complexity index is 771. The van der Waals surface area contributed by atoms with Gasteiger partial charge in [0, 0.05) is 70.9 Å². The summed E-state index contributed by atoms with van der Waals surface area (Å²) >= 11 is 0. The van der Waals surface area contributed by atoms with Crippen molar-refractivity contribution in [2.45, 2.75) is 58.2 Å². The van der Waals surface area contributed by atoms with Gasteiger partial charge in [0.2, 0.25) is 11.8 Å². The quantitative estimate of drug-likeness (QED) is 0.624. The number of aromatic nitrogens is 2. The van der Waals surface area contributed by atoms with Gasteiger partial charge in [-0.25, -0.2) is 0 Å². The molecule has 3 saturated heterocycles. The molecular formula is C23H37N5O3. The van der Waals surface area contributed by atoms with Gasteiger partial charge in [0.15, 0.2) is 0 Å². The van der Waals surface area contributed by atoms with Crippen molar-refractivity contribution in [1.82, 2.24) is 24.5 Å². The molecule has 3 aliphatic rings. The lowest BCUT2D eigenvalue weighted by molar-refractivity contribution is -0.134. The Hall–Kier alpha value is -1.93. The SMILES string of the molecule is CCN(CC)C(=O)C[C@@H]1OC[C@@H]2[C@H]1[C@H](CC(=O)N1CCCC1)CN2Cc1ccnn1C. The first-order valence-electron chi connectivity index (χ1n) is 11.9. The summed E-state index contributed by atoms with van der Waals surface area (Å²) in [4.78, 5) is 32.1. The minimum absolute atomic E-state index is 0.106. The van der Waals surface area contributed by atoms with Gasteiger partial charge in [0.1, 0.15) is 0 Å². The molecular weight excluding hydrogens is 394 g/mol. The van der Waals surface area contributed by atoms with Gasteiger partial charge in [-0.2, -0.15) is 5.10 Å². The van der Waals surface area contributed by atoms with E-state index in [9.17, 15) is 9.59 Å². The summed E-state index contributed by atoms with van der Waals surface area (Å²) in [6.45, 7) is 9.56. The van der Waals surface area contributed by atoms with Crippen molar-refractivity contribution >= 4 is 11.8 Å². The number of fused-ring (bicyclic) bond motifs is 1. The normalized spacial score (nSPS) is 28.3. The highest BCUT2D eigenvalue weighted by Crippen LogP contribution is 2.42. The monoisotopic (exact) mass is 431 g/mol. The van der Waals surface area contributed by atoms with E-state index >= 15 is 0 Å². The van der Waals surface area contributed by atoms with E-state index in [2.05, 4.69) is 16.1 Å². The first-order chi connectivity index (χ1) is 15.0. The van der Waals surface area contributed by atoms with E-state index in [1.165, 1.54) is 0 Å². The number of aryl methyl sites for hydroxylation is 1. The number of carbonyl (C=O) groups excluding carboxylic acids is 2. The fourth-order valence-corrected chi connectivity index (χ4v) is 5.76. The summed E-state index contributed by atoms with van der Waals surface area (Å²) in [5.41, 5.74) is 1.16. The Kier molecular flexibility index (Phi) is 6.96. The van der Waals surface area contributed by atoms with Crippen LogP contribution in [0.15, 0.2) is 12.3 Å². The second-order valence-corrected chi connectivity index (χ2v) is 9.21. The highest BCUT2D eigenvalue weighted by Gasteiger charge is 2.51. The average molecular weight is 432 g/mol. The molecule has 0 saturated carbocycles. The van der Waals surface area contributed by atoms with Crippen LogP contribution in [0.4, 0.5) is 0 Å². The molecule has 0 radical (unpaired) electrons. The lowest BCUT2D eigenvalue weighted by Crippen LogP contribution is -2.38. The number of nitrogens with zero attached hydrogens (tertiary/aromatic N) is 5. The zero-order valence-corrected chi connectivity index (χ0v) is 19.2. The number of carbonyl (C=O) groups is 2. The van der Waals surface area contributed by atoms with Crippen molar-refractivity contribution < 1.29 is 14.3 Å². The molecule has 4 atom stereocenters. The van der Waals surface area contributed by atoms with Gasteiger partial charge in [-0.05, 0) is 38.7 Å². The maximum atomic E-state index is 13.0. The van der Waals surface area contributed by atoms with Gasteiger partial charge in [0.25, 0.3) is 0 Å². The zero-order valence-electron chi connectivity index (χ0n) is 19.2. The highest BCUT2D eigenvalue weighted by molar-refractivity contribution is 5.77. The second kappa shape index (κ2) is 9.69. The number of hydrogen-bond donors (Lipinski definition) is 0. The van der Waals surface area contributed by atoms with Gasteiger partial charge in [-0.15, -0.1) is 0 Å². The first kappa shape index (κ1) is 22.3. The Balaban J connectivity index is 1.49. The number of hydrogen-bond acceptors (Lipinski definition) is 5. The van der Waals surface area contributed by atoms with Crippen LogP contribution in [0.3, 0.4) is 0 Å². The molecule has 1 aromatic heterocycles. The highest BCUT2D eigenvalue weighted by atomic mass is 16.5. The van der Waals surface area contributed by atoms with E-state index in [4.69, 9.17) is 4.74 Å². The van der Waals surface area contributed by atoms with Gasteiger partial charge < -0.3 is 14.5 Å². The molecule has 4 rings (SSSR count). The second-order valence-electron chi connectivity index (χ2n) is 9.21. The maximum absolute atomic E-state index is 13.0. The third-order valence-electron chi connectivity index (χ3n) is 7.51. The number of likely N-dealkylation sites (tertiary alicyclic amines) is 2. The molecule has 172 valence electrons. The zero-order chi connectivity index (χ0) is 22.0. The van der Waals surface area contributed by atoms with Crippen LogP contribution < -0.4 is 0 Å². The minimum atomic E-state index is -0.106. The van der Waals surface area contributed by atoms with E-state index in [1.807, 2.05) is 41.6 Å². The molecule has 1 aromatic rings. The fraction of sp³-hybridized carbons (Fsp3) is 0.783. The fourth-order valence-electron chi connectivity index (χ4n) is 5.76. The standard InChI is InChI=1S/C23H37N5O3/c1-4-26(5-2)22(30)13-20-23-17(12-21(29)27-10-6-7-11-27)14-28(19(23)16-31-20)15-18-8-9-24-25(18)3/h8-9,17,19-20,23H,4-7,10-16H2,1-3H3/t17-,19-,20+,23-/m1/s1. The maximum Gasteiger partial charge on any atom is 0.225 e. The van der Waals surface area contributed by atoms with Crippen LogP contribution in [0.5, 0.6) is 0 Å². The summed E-state index contributed by atoms with van der Waals surface area (Å²) in [6, 6.07) is 2.30. The van der Waals surface area contributed by atoms with Crippen LogP contribution >= 0.6 is 0 Å². The van der Waals surface area contributed by atoms with Crippen LogP contribution in [-0.2, 0) is 27.9 Å². The van der Waals surface area contributed by atoms with Gasteiger partial charge >= 0.3 is 0 Å². The first-order valence-corrected chi connectivity index (χ1v) is 11.9. The predicted molar refractivity (Wildman–Crippen MR) is 117 cm³/mol. The van der Waals surface area contributed by atoms with E-state index in [-0.39, 0.29) is 35.8 Å². The lowest BCUT2D eigenvalue weighted by atomic mass is 9.84. The van der Waals surface area contributed by atoms with Crippen LogP contribution in [0.1, 0.15) is 45.2 Å². The minimum Gasteiger partial charge on any atom is -0.376 e. The van der Waals surface area contributed by atoms with Crippen LogP contribution in [-0.4, -0.2) is 87.8 Å². The van der Waals surface area contributed by atoms with Gasteiger partial charge in [-0.1, -0.05) is 0 Å². The summed E-state index contributed by atoms with van der Waals surface area (Å²) in [5.74, 6) is 0.873. The molecule has 0 bridgehead atoms.